The second kappa shape index (κ2) is 4.09. The van der Waals surface area contributed by atoms with Crippen LogP contribution < -0.4 is 11.1 Å². The Labute approximate surface area is 111 Å². The Bertz CT molecular complexity index is 653. The van der Waals surface area contributed by atoms with Crippen LogP contribution in [0.2, 0.25) is 0 Å². The molecule has 3 rings (SSSR count). The quantitative estimate of drug-likeness (QED) is 0.596. The van der Waals surface area contributed by atoms with Crippen LogP contribution in [0.5, 0.6) is 0 Å². The van der Waals surface area contributed by atoms with Crippen molar-refractivity contribution in [2.45, 2.75) is 16.0 Å². The van der Waals surface area contributed by atoms with E-state index in [4.69, 9.17) is 5.73 Å². The summed E-state index contributed by atoms with van der Waals surface area (Å²) in [6, 6.07) is 8.97. The van der Waals surface area contributed by atoms with Gasteiger partial charge in [0, 0.05) is 15.5 Å². The second-order valence-electron chi connectivity index (χ2n) is 4.19. The summed E-state index contributed by atoms with van der Waals surface area (Å²) in [7, 11) is 0. The van der Waals surface area contributed by atoms with Crippen LogP contribution in [0.1, 0.15) is 5.56 Å². The summed E-state index contributed by atoms with van der Waals surface area (Å²) in [5, 5.41) is 3.00. The van der Waals surface area contributed by atoms with Crippen molar-refractivity contribution >= 4 is 28.8 Å². The number of hydrogen-bond acceptors (Lipinski definition) is 3. The van der Waals surface area contributed by atoms with Crippen molar-refractivity contribution in [3.63, 3.8) is 0 Å². The molecule has 3 N–H and O–H groups in total. The fourth-order valence-electron chi connectivity index (χ4n) is 1.88. The third-order valence-electron chi connectivity index (χ3n) is 2.80. The standard InChI is InChI=1S/C13H9F3N2S/c14-13(15,16)7-1-4-11-10(5-7)18-9-3-2-8(17)6-12(9)19-11/h1-6,18H,17H2. The lowest BCUT2D eigenvalue weighted by Gasteiger charge is -2.22. The van der Waals surface area contributed by atoms with Gasteiger partial charge in [-0.15, -0.1) is 0 Å². The van der Waals surface area contributed by atoms with Gasteiger partial charge in [-0.05, 0) is 36.4 Å². The van der Waals surface area contributed by atoms with Crippen LogP contribution in [-0.4, -0.2) is 0 Å². The third-order valence-corrected chi connectivity index (χ3v) is 3.94. The zero-order valence-corrected chi connectivity index (χ0v) is 10.4. The van der Waals surface area contributed by atoms with Crippen LogP contribution in [0.3, 0.4) is 0 Å². The van der Waals surface area contributed by atoms with E-state index in [1.807, 2.05) is 0 Å². The molecule has 19 heavy (non-hydrogen) atoms. The molecule has 0 bridgehead atoms. The van der Waals surface area contributed by atoms with Gasteiger partial charge in [-0.3, -0.25) is 0 Å². The highest BCUT2D eigenvalue weighted by Gasteiger charge is 2.31. The predicted molar refractivity (Wildman–Crippen MR) is 69.7 cm³/mol. The molecule has 0 fully saturated rings. The van der Waals surface area contributed by atoms with E-state index in [-0.39, 0.29) is 0 Å². The molecule has 0 spiro atoms. The summed E-state index contributed by atoms with van der Waals surface area (Å²) in [5.41, 5.74) is 6.91. The molecule has 2 aromatic rings. The van der Waals surface area contributed by atoms with Crippen molar-refractivity contribution in [1.82, 2.24) is 0 Å². The summed E-state index contributed by atoms with van der Waals surface area (Å²) in [6.45, 7) is 0. The first kappa shape index (κ1) is 12.2. The van der Waals surface area contributed by atoms with E-state index in [1.165, 1.54) is 17.8 Å². The smallest absolute Gasteiger partial charge is 0.399 e. The summed E-state index contributed by atoms with van der Waals surface area (Å²) in [4.78, 5) is 1.67. The van der Waals surface area contributed by atoms with Gasteiger partial charge in [-0.25, -0.2) is 0 Å². The zero-order chi connectivity index (χ0) is 13.6. The summed E-state index contributed by atoms with van der Waals surface area (Å²) in [5.74, 6) is 0. The average molecular weight is 282 g/mol. The van der Waals surface area contributed by atoms with Crippen LogP contribution in [0.25, 0.3) is 0 Å². The van der Waals surface area contributed by atoms with Crippen molar-refractivity contribution in [2.24, 2.45) is 0 Å². The molecule has 0 aliphatic carbocycles. The number of anilines is 3. The number of halogens is 3. The molecule has 0 atom stereocenters. The van der Waals surface area contributed by atoms with Crippen LogP contribution >= 0.6 is 11.8 Å². The Kier molecular flexibility index (Phi) is 2.63. The van der Waals surface area contributed by atoms with Gasteiger partial charge >= 0.3 is 6.18 Å². The lowest BCUT2D eigenvalue weighted by atomic mass is 10.1. The van der Waals surface area contributed by atoms with Gasteiger partial charge in [0.1, 0.15) is 0 Å². The number of fused-ring (bicyclic) bond motifs is 2. The van der Waals surface area contributed by atoms with Crippen molar-refractivity contribution in [3.8, 4) is 0 Å². The molecule has 1 aliphatic heterocycles. The Hall–Kier alpha value is -1.82. The Balaban J connectivity index is 2.03. The molecule has 0 saturated heterocycles. The molecular weight excluding hydrogens is 273 g/mol. The van der Waals surface area contributed by atoms with Gasteiger partial charge in [0.15, 0.2) is 0 Å². The SMILES string of the molecule is Nc1ccc2c(c1)Sc1ccc(C(F)(F)F)cc1N2. The number of alkyl halides is 3. The van der Waals surface area contributed by atoms with Crippen LogP contribution in [0.4, 0.5) is 30.2 Å². The number of benzene rings is 2. The van der Waals surface area contributed by atoms with E-state index in [0.717, 1.165) is 27.6 Å². The molecule has 0 aromatic heterocycles. The van der Waals surface area contributed by atoms with Crippen LogP contribution in [0.15, 0.2) is 46.2 Å². The summed E-state index contributed by atoms with van der Waals surface area (Å²) in [6.07, 6.45) is -4.33. The highest BCUT2D eigenvalue weighted by molar-refractivity contribution is 7.99. The maximum Gasteiger partial charge on any atom is 0.416 e. The van der Waals surface area contributed by atoms with Crippen molar-refractivity contribution < 1.29 is 13.2 Å². The van der Waals surface area contributed by atoms with Gasteiger partial charge in [0.05, 0.1) is 16.9 Å². The minimum absolute atomic E-state index is 0.470. The van der Waals surface area contributed by atoms with E-state index >= 15 is 0 Å². The minimum atomic E-state index is -4.33. The fraction of sp³-hybridized carbons (Fsp3) is 0.0769. The van der Waals surface area contributed by atoms with Gasteiger partial charge < -0.3 is 11.1 Å². The molecule has 1 aliphatic rings. The lowest BCUT2D eigenvalue weighted by molar-refractivity contribution is -0.137. The molecule has 1 heterocycles. The first-order valence-corrected chi connectivity index (χ1v) is 6.31. The normalized spacial score (nSPS) is 13.4. The molecular formula is C13H9F3N2S. The van der Waals surface area contributed by atoms with E-state index in [9.17, 15) is 13.2 Å². The maximum atomic E-state index is 12.7. The lowest BCUT2D eigenvalue weighted by Crippen LogP contribution is -2.07. The number of nitrogens with two attached hydrogens (primary N) is 1. The predicted octanol–water partition coefficient (Wildman–Crippen LogP) is 4.50. The van der Waals surface area contributed by atoms with Gasteiger partial charge in [0.2, 0.25) is 0 Å². The Morgan fingerprint density at radius 1 is 0.947 bits per heavy atom. The van der Waals surface area contributed by atoms with E-state index in [1.54, 1.807) is 18.2 Å². The van der Waals surface area contributed by atoms with Crippen molar-refractivity contribution in [3.05, 3.63) is 42.0 Å². The highest BCUT2D eigenvalue weighted by Crippen LogP contribution is 2.46. The largest absolute Gasteiger partial charge is 0.416 e. The Morgan fingerprint density at radius 2 is 1.74 bits per heavy atom. The second-order valence-corrected chi connectivity index (χ2v) is 5.28. The molecule has 98 valence electrons. The van der Waals surface area contributed by atoms with E-state index in [2.05, 4.69) is 5.32 Å². The Morgan fingerprint density at radius 3 is 2.47 bits per heavy atom. The average Bonchev–Trinajstić information content (AvgIpc) is 2.34. The number of rotatable bonds is 0. The molecule has 0 saturated carbocycles. The van der Waals surface area contributed by atoms with Crippen molar-refractivity contribution in [2.75, 3.05) is 11.1 Å². The number of nitrogen functional groups attached to an aromatic ring is 1. The third kappa shape index (κ3) is 2.23. The molecule has 2 nitrogen and oxygen atoms in total. The minimum Gasteiger partial charge on any atom is -0.399 e. The van der Waals surface area contributed by atoms with Crippen LogP contribution in [0, 0.1) is 0 Å². The van der Waals surface area contributed by atoms with Crippen LogP contribution in [-0.2, 0) is 6.18 Å². The van der Waals surface area contributed by atoms with E-state index in [0.29, 0.717) is 11.4 Å². The fourth-order valence-corrected chi connectivity index (χ4v) is 2.90. The molecule has 2 aromatic carbocycles. The van der Waals surface area contributed by atoms with E-state index < -0.39 is 11.7 Å². The highest BCUT2D eigenvalue weighted by atomic mass is 32.2. The van der Waals surface area contributed by atoms with Crippen molar-refractivity contribution in [1.29, 1.82) is 0 Å². The molecule has 6 heteroatoms. The zero-order valence-electron chi connectivity index (χ0n) is 9.58. The van der Waals surface area contributed by atoms with Gasteiger partial charge in [-0.2, -0.15) is 13.2 Å². The first-order chi connectivity index (χ1) is 8.93. The maximum absolute atomic E-state index is 12.7. The first-order valence-electron chi connectivity index (χ1n) is 5.49. The molecule has 0 radical (unpaired) electrons. The summed E-state index contributed by atoms with van der Waals surface area (Å²) >= 11 is 1.41. The number of nitrogens with one attached hydrogen (secondary N) is 1. The molecule has 0 amide bonds. The summed E-state index contributed by atoms with van der Waals surface area (Å²) < 4.78 is 38.0. The number of hydrogen-bond donors (Lipinski definition) is 2. The topological polar surface area (TPSA) is 38.0 Å². The molecule has 0 unspecified atom stereocenters. The monoisotopic (exact) mass is 282 g/mol. The van der Waals surface area contributed by atoms with Gasteiger partial charge in [-0.1, -0.05) is 11.8 Å². The van der Waals surface area contributed by atoms with Gasteiger partial charge in [0.25, 0.3) is 0 Å².